The number of rotatable bonds is 12. The lowest BCUT2D eigenvalue weighted by Gasteiger charge is -2.18. The van der Waals surface area contributed by atoms with Gasteiger partial charge in [0.1, 0.15) is 0 Å². The number of nitrogens with one attached hydrogen (secondary N) is 2. The fourth-order valence-corrected chi connectivity index (χ4v) is 2.15. The summed E-state index contributed by atoms with van der Waals surface area (Å²) in [5, 5.41) is 10.9. The molecule has 0 aliphatic heterocycles. The van der Waals surface area contributed by atoms with Crippen molar-refractivity contribution in [3.05, 3.63) is 18.5 Å². The van der Waals surface area contributed by atoms with Crippen LogP contribution in [0.5, 0.6) is 0 Å². The molecular weight excluding hydrogens is 292 g/mol. The lowest BCUT2D eigenvalue weighted by atomic mass is 10.4. The molecule has 1 rings (SSSR count). The molecule has 23 heavy (non-hydrogen) atoms. The van der Waals surface area contributed by atoms with Crippen LogP contribution in [0.1, 0.15) is 19.8 Å². The van der Waals surface area contributed by atoms with Gasteiger partial charge < -0.3 is 20.3 Å². The van der Waals surface area contributed by atoms with Crippen molar-refractivity contribution >= 4 is 5.96 Å². The monoisotopic (exact) mass is 324 g/mol. The van der Waals surface area contributed by atoms with Gasteiger partial charge in [0.2, 0.25) is 0 Å². The molecular formula is C16H32N6O. The second-order valence-corrected chi connectivity index (χ2v) is 5.46. The molecule has 0 aromatic carbocycles. The maximum absolute atomic E-state index is 5.07. The molecule has 1 aromatic heterocycles. The number of hydrogen-bond donors (Lipinski definition) is 2. The van der Waals surface area contributed by atoms with Crippen LogP contribution in [0, 0.1) is 0 Å². The number of methoxy groups -OCH3 is 1. The van der Waals surface area contributed by atoms with E-state index in [0.29, 0.717) is 0 Å². The first kappa shape index (κ1) is 19.4. The van der Waals surface area contributed by atoms with Gasteiger partial charge in [-0.05, 0) is 32.9 Å². The van der Waals surface area contributed by atoms with Crippen molar-refractivity contribution in [2.45, 2.75) is 26.3 Å². The largest absolute Gasteiger partial charge is 0.385 e. The van der Waals surface area contributed by atoms with Crippen molar-refractivity contribution in [3.63, 3.8) is 0 Å². The molecule has 1 heterocycles. The van der Waals surface area contributed by atoms with Gasteiger partial charge >= 0.3 is 0 Å². The number of likely N-dealkylation sites (N-methyl/N-ethyl adjacent to an activating group) is 1. The van der Waals surface area contributed by atoms with E-state index in [1.807, 2.05) is 16.9 Å². The SMILES string of the molecule is CCNC(=NCCCn1cccn1)NCCN(C)CCCOC. The predicted molar refractivity (Wildman–Crippen MR) is 94.8 cm³/mol. The molecule has 7 nitrogen and oxygen atoms in total. The summed E-state index contributed by atoms with van der Waals surface area (Å²) < 4.78 is 7.01. The Kier molecular flexibility index (Phi) is 10.9. The van der Waals surface area contributed by atoms with E-state index in [1.54, 1.807) is 13.3 Å². The Morgan fingerprint density at radius 1 is 1.30 bits per heavy atom. The summed E-state index contributed by atoms with van der Waals surface area (Å²) in [6, 6.07) is 1.94. The molecule has 132 valence electrons. The number of aliphatic imine (C=N–C) groups is 1. The van der Waals surface area contributed by atoms with Crippen molar-refractivity contribution in [2.75, 3.05) is 53.5 Å². The Hall–Kier alpha value is -1.60. The molecule has 0 aliphatic carbocycles. The Balaban J connectivity index is 2.18. The molecule has 0 saturated carbocycles. The molecule has 0 unspecified atom stereocenters. The number of nitrogens with zero attached hydrogens (tertiary/aromatic N) is 4. The van der Waals surface area contributed by atoms with Gasteiger partial charge in [0.25, 0.3) is 0 Å². The molecule has 0 amide bonds. The summed E-state index contributed by atoms with van der Waals surface area (Å²) in [6.07, 6.45) is 5.83. The smallest absolute Gasteiger partial charge is 0.191 e. The van der Waals surface area contributed by atoms with Crippen LogP contribution in [0.3, 0.4) is 0 Å². The van der Waals surface area contributed by atoms with Crippen LogP contribution in [0.15, 0.2) is 23.5 Å². The van der Waals surface area contributed by atoms with Crippen LogP contribution in [0.2, 0.25) is 0 Å². The molecule has 0 saturated heterocycles. The molecule has 0 atom stereocenters. The minimum atomic E-state index is 0.791. The summed E-state index contributed by atoms with van der Waals surface area (Å²) >= 11 is 0. The number of aromatic nitrogens is 2. The van der Waals surface area contributed by atoms with Gasteiger partial charge in [0, 0.05) is 65.4 Å². The normalized spacial score (nSPS) is 11.9. The zero-order valence-corrected chi connectivity index (χ0v) is 14.8. The molecule has 0 spiro atoms. The Labute approximate surface area is 140 Å². The van der Waals surface area contributed by atoms with E-state index in [0.717, 1.165) is 64.7 Å². The zero-order chi connectivity index (χ0) is 16.8. The third-order valence-electron chi connectivity index (χ3n) is 3.39. The van der Waals surface area contributed by atoms with E-state index in [4.69, 9.17) is 4.74 Å². The van der Waals surface area contributed by atoms with E-state index in [9.17, 15) is 0 Å². The second kappa shape index (κ2) is 12.9. The fraction of sp³-hybridized carbons (Fsp3) is 0.750. The first-order valence-corrected chi connectivity index (χ1v) is 8.43. The topological polar surface area (TPSA) is 66.7 Å². The van der Waals surface area contributed by atoms with Crippen LogP contribution in [-0.4, -0.2) is 74.1 Å². The minimum absolute atomic E-state index is 0.791. The fourth-order valence-electron chi connectivity index (χ4n) is 2.15. The molecule has 0 bridgehead atoms. The lowest BCUT2D eigenvalue weighted by Crippen LogP contribution is -2.41. The standard InChI is InChI=1S/C16H32N6O/c1-4-17-16(18-8-5-12-22-13-6-9-20-22)19-10-14-21(2)11-7-15-23-3/h6,9,13H,4-5,7-8,10-12,14-15H2,1-3H3,(H2,17,18,19). The van der Waals surface area contributed by atoms with Crippen LogP contribution in [0.25, 0.3) is 0 Å². The van der Waals surface area contributed by atoms with Crippen LogP contribution < -0.4 is 10.6 Å². The summed E-state index contributed by atoms with van der Waals surface area (Å²) in [6.45, 7) is 8.38. The van der Waals surface area contributed by atoms with Crippen LogP contribution >= 0.6 is 0 Å². The van der Waals surface area contributed by atoms with E-state index in [1.165, 1.54) is 0 Å². The highest BCUT2D eigenvalue weighted by Crippen LogP contribution is 1.90. The average molecular weight is 324 g/mol. The first-order chi connectivity index (χ1) is 11.3. The van der Waals surface area contributed by atoms with E-state index < -0.39 is 0 Å². The van der Waals surface area contributed by atoms with Crippen molar-refractivity contribution in [2.24, 2.45) is 4.99 Å². The van der Waals surface area contributed by atoms with Crippen molar-refractivity contribution in [3.8, 4) is 0 Å². The molecule has 0 aliphatic rings. The molecule has 1 aromatic rings. The van der Waals surface area contributed by atoms with Gasteiger partial charge in [0.15, 0.2) is 5.96 Å². The first-order valence-electron chi connectivity index (χ1n) is 8.43. The predicted octanol–water partition coefficient (Wildman–Crippen LogP) is 0.797. The zero-order valence-electron chi connectivity index (χ0n) is 14.8. The van der Waals surface area contributed by atoms with Gasteiger partial charge in [-0.3, -0.25) is 9.67 Å². The van der Waals surface area contributed by atoms with E-state index >= 15 is 0 Å². The number of aryl methyl sites for hydroxylation is 1. The minimum Gasteiger partial charge on any atom is -0.385 e. The van der Waals surface area contributed by atoms with Crippen LogP contribution in [0.4, 0.5) is 0 Å². The van der Waals surface area contributed by atoms with E-state index in [2.05, 4.69) is 39.6 Å². The summed E-state index contributed by atoms with van der Waals surface area (Å²) in [7, 11) is 3.87. The van der Waals surface area contributed by atoms with Gasteiger partial charge in [-0.1, -0.05) is 0 Å². The van der Waals surface area contributed by atoms with Gasteiger partial charge in [0.05, 0.1) is 0 Å². The average Bonchev–Trinajstić information content (AvgIpc) is 3.05. The number of hydrogen-bond acceptors (Lipinski definition) is 4. The van der Waals surface area contributed by atoms with Crippen LogP contribution in [-0.2, 0) is 11.3 Å². The molecule has 7 heteroatoms. The summed E-state index contributed by atoms with van der Waals surface area (Å²) in [5.41, 5.74) is 0. The number of ether oxygens (including phenoxy) is 1. The summed E-state index contributed by atoms with van der Waals surface area (Å²) in [4.78, 5) is 6.90. The maximum Gasteiger partial charge on any atom is 0.191 e. The molecule has 0 fully saturated rings. The Morgan fingerprint density at radius 2 is 2.17 bits per heavy atom. The number of guanidine groups is 1. The highest BCUT2D eigenvalue weighted by molar-refractivity contribution is 5.79. The Bertz CT molecular complexity index is 407. The maximum atomic E-state index is 5.07. The summed E-state index contributed by atoms with van der Waals surface area (Å²) in [5.74, 6) is 0.887. The molecule has 0 radical (unpaired) electrons. The van der Waals surface area contributed by atoms with Gasteiger partial charge in [-0.2, -0.15) is 5.10 Å². The third kappa shape index (κ3) is 9.91. The third-order valence-corrected chi connectivity index (χ3v) is 3.39. The van der Waals surface area contributed by atoms with Crippen molar-refractivity contribution < 1.29 is 4.74 Å². The highest BCUT2D eigenvalue weighted by atomic mass is 16.5. The quantitative estimate of drug-likeness (QED) is 0.338. The van der Waals surface area contributed by atoms with Crippen molar-refractivity contribution in [1.82, 2.24) is 25.3 Å². The highest BCUT2D eigenvalue weighted by Gasteiger charge is 2.00. The second-order valence-electron chi connectivity index (χ2n) is 5.46. The molecule has 2 N–H and O–H groups in total. The Morgan fingerprint density at radius 3 is 2.87 bits per heavy atom. The van der Waals surface area contributed by atoms with Gasteiger partial charge in [-0.15, -0.1) is 0 Å². The lowest BCUT2D eigenvalue weighted by molar-refractivity contribution is 0.180. The van der Waals surface area contributed by atoms with E-state index in [-0.39, 0.29) is 0 Å². The van der Waals surface area contributed by atoms with Crippen molar-refractivity contribution in [1.29, 1.82) is 0 Å². The van der Waals surface area contributed by atoms with Gasteiger partial charge in [-0.25, -0.2) is 0 Å².